The Morgan fingerprint density at radius 2 is 1.93 bits per heavy atom. The number of hydrogen-bond acceptors (Lipinski definition) is 4. The first-order valence-electron chi connectivity index (χ1n) is 8.72. The molecule has 27 heavy (non-hydrogen) atoms. The van der Waals surface area contributed by atoms with Gasteiger partial charge in [0.2, 0.25) is 0 Å². The molecule has 1 aromatic heterocycles. The quantitative estimate of drug-likeness (QED) is 0.684. The van der Waals surface area contributed by atoms with Crippen LogP contribution in [0.5, 0.6) is 0 Å². The third-order valence-corrected chi connectivity index (χ3v) is 4.68. The Morgan fingerprint density at radius 3 is 2.67 bits per heavy atom. The van der Waals surface area contributed by atoms with Crippen LogP contribution < -0.4 is 11.1 Å². The predicted molar refractivity (Wildman–Crippen MR) is 107 cm³/mol. The average molecular weight is 384 g/mol. The fourth-order valence-electron chi connectivity index (χ4n) is 2.79. The Morgan fingerprint density at radius 1 is 1.19 bits per heavy atom. The van der Waals surface area contributed by atoms with E-state index in [9.17, 15) is 4.79 Å². The van der Waals surface area contributed by atoms with E-state index < -0.39 is 0 Å². The van der Waals surface area contributed by atoms with Crippen LogP contribution >= 0.6 is 11.6 Å². The molecule has 0 saturated carbocycles. The molecule has 0 atom stereocenters. The molecule has 0 saturated heterocycles. The lowest BCUT2D eigenvalue weighted by atomic mass is 10.1. The van der Waals surface area contributed by atoms with Crippen LogP contribution in [0.3, 0.4) is 0 Å². The summed E-state index contributed by atoms with van der Waals surface area (Å²) in [7, 11) is 0. The summed E-state index contributed by atoms with van der Waals surface area (Å²) < 4.78 is 1.55. The number of amides is 1. The molecule has 2 aromatic carbocycles. The SMILES string of the molecule is Cc1ccc(C)c(Cn2nnc(C(=O)NCCc3ccc(Cl)cc3)c2N)c1. The van der Waals surface area contributed by atoms with Gasteiger partial charge in [0.1, 0.15) is 0 Å². The van der Waals surface area contributed by atoms with Crippen LogP contribution in [0, 0.1) is 13.8 Å². The fourth-order valence-corrected chi connectivity index (χ4v) is 2.91. The minimum absolute atomic E-state index is 0.149. The van der Waals surface area contributed by atoms with Crippen LogP contribution in [0.1, 0.15) is 32.7 Å². The van der Waals surface area contributed by atoms with E-state index in [-0.39, 0.29) is 17.4 Å². The molecule has 0 fully saturated rings. The number of halogens is 1. The van der Waals surface area contributed by atoms with Crippen molar-refractivity contribution < 1.29 is 4.79 Å². The molecule has 3 aromatic rings. The summed E-state index contributed by atoms with van der Waals surface area (Å²) >= 11 is 5.87. The van der Waals surface area contributed by atoms with Crippen molar-refractivity contribution in [2.24, 2.45) is 0 Å². The smallest absolute Gasteiger partial charge is 0.275 e. The summed E-state index contributed by atoms with van der Waals surface area (Å²) in [6.45, 7) is 5.02. The lowest BCUT2D eigenvalue weighted by Crippen LogP contribution is -2.27. The highest BCUT2D eigenvalue weighted by Crippen LogP contribution is 2.15. The minimum atomic E-state index is -0.325. The second kappa shape index (κ2) is 8.22. The number of benzene rings is 2. The van der Waals surface area contributed by atoms with Crippen LogP contribution in [0.15, 0.2) is 42.5 Å². The van der Waals surface area contributed by atoms with Gasteiger partial charge in [-0.3, -0.25) is 4.79 Å². The van der Waals surface area contributed by atoms with E-state index in [1.165, 1.54) is 0 Å². The number of nitrogens with one attached hydrogen (secondary N) is 1. The number of nitrogens with two attached hydrogens (primary N) is 1. The third-order valence-electron chi connectivity index (χ3n) is 4.43. The number of nitrogens with zero attached hydrogens (tertiary/aromatic N) is 3. The van der Waals surface area contributed by atoms with Crippen LogP contribution in [0.4, 0.5) is 5.82 Å². The Labute approximate surface area is 163 Å². The van der Waals surface area contributed by atoms with E-state index in [2.05, 4.69) is 33.8 Å². The molecular weight excluding hydrogens is 362 g/mol. The van der Waals surface area contributed by atoms with E-state index in [0.717, 1.165) is 22.3 Å². The molecule has 3 rings (SSSR count). The maximum atomic E-state index is 12.4. The molecule has 140 valence electrons. The van der Waals surface area contributed by atoms with Crippen molar-refractivity contribution in [3.8, 4) is 0 Å². The van der Waals surface area contributed by atoms with Crippen LogP contribution in [-0.2, 0) is 13.0 Å². The standard InChI is InChI=1S/C20H22ClN5O/c1-13-3-4-14(2)16(11-13)12-26-19(22)18(24-25-26)20(27)23-10-9-15-5-7-17(21)8-6-15/h3-8,11H,9-10,12,22H2,1-2H3,(H,23,27). The molecule has 0 aliphatic heterocycles. The molecule has 7 heteroatoms. The van der Waals surface area contributed by atoms with Crippen LogP contribution in [0.2, 0.25) is 5.02 Å². The van der Waals surface area contributed by atoms with Crippen molar-refractivity contribution in [3.63, 3.8) is 0 Å². The maximum Gasteiger partial charge on any atom is 0.275 e. The summed E-state index contributed by atoms with van der Waals surface area (Å²) in [6, 6.07) is 13.7. The lowest BCUT2D eigenvalue weighted by Gasteiger charge is -2.08. The molecule has 0 spiro atoms. The van der Waals surface area contributed by atoms with E-state index in [0.29, 0.717) is 24.5 Å². The zero-order chi connectivity index (χ0) is 19.4. The maximum absolute atomic E-state index is 12.4. The van der Waals surface area contributed by atoms with Crippen molar-refractivity contribution in [3.05, 3.63) is 75.4 Å². The summed E-state index contributed by atoms with van der Waals surface area (Å²) in [5.41, 5.74) is 10.7. The van der Waals surface area contributed by atoms with E-state index in [4.69, 9.17) is 17.3 Å². The van der Waals surface area contributed by atoms with Gasteiger partial charge in [-0.05, 0) is 49.1 Å². The van der Waals surface area contributed by atoms with Gasteiger partial charge in [-0.2, -0.15) is 0 Å². The molecular formula is C20H22ClN5O. The molecule has 1 amide bonds. The van der Waals surface area contributed by atoms with Crippen molar-refractivity contribution >= 4 is 23.3 Å². The van der Waals surface area contributed by atoms with Crippen molar-refractivity contribution in [2.45, 2.75) is 26.8 Å². The minimum Gasteiger partial charge on any atom is -0.382 e. The molecule has 0 aliphatic rings. The summed E-state index contributed by atoms with van der Waals surface area (Å²) in [4.78, 5) is 12.4. The summed E-state index contributed by atoms with van der Waals surface area (Å²) in [5, 5.41) is 11.5. The second-order valence-electron chi connectivity index (χ2n) is 6.54. The van der Waals surface area contributed by atoms with Gasteiger partial charge in [-0.15, -0.1) is 5.10 Å². The largest absolute Gasteiger partial charge is 0.382 e. The van der Waals surface area contributed by atoms with E-state index in [1.807, 2.05) is 38.1 Å². The summed E-state index contributed by atoms with van der Waals surface area (Å²) in [6.07, 6.45) is 0.694. The Hall–Kier alpha value is -2.86. The zero-order valence-electron chi connectivity index (χ0n) is 15.4. The predicted octanol–water partition coefficient (Wildman–Crippen LogP) is 3.15. The number of rotatable bonds is 6. The lowest BCUT2D eigenvalue weighted by molar-refractivity contribution is 0.0950. The van der Waals surface area contributed by atoms with Crippen molar-refractivity contribution in [1.29, 1.82) is 0 Å². The molecule has 0 aliphatic carbocycles. The average Bonchev–Trinajstić information content (AvgIpc) is 3.00. The number of nitrogen functional groups attached to an aromatic ring is 1. The third kappa shape index (κ3) is 4.65. The molecule has 0 radical (unpaired) electrons. The van der Waals surface area contributed by atoms with E-state index in [1.54, 1.807) is 4.68 Å². The topological polar surface area (TPSA) is 85.8 Å². The highest BCUT2D eigenvalue weighted by molar-refractivity contribution is 6.30. The van der Waals surface area contributed by atoms with Gasteiger partial charge in [0.15, 0.2) is 11.5 Å². The molecule has 6 nitrogen and oxygen atoms in total. The molecule has 0 unspecified atom stereocenters. The summed E-state index contributed by atoms with van der Waals surface area (Å²) in [5.74, 6) is -0.0615. The van der Waals surface area contributed by atoms with Gasteiger partial charge in [-0.25, -0.2) is 4.68 Å². The van der Waals surface area contributed by atoms with Crippen molar-refractivity contribution in [1.82, 2.24) is 20.3 Å². The first-order chi connectivity index (χ1) is 12.9. The Balaban J connectivity index is 1.62. The first kappa shape index (κ1) is 18.9. The van der Waals surface area contributed by atoms with Gasteiger partial charge in [-0.1, -0.05) is 52.7 Å². The van der Waals surface area contributed by atoms with Crippen LogP contribution in [-0.4, -0.2) is 27.4 Å². The number of aromatic nitrogens is 3. The Kier molecular flexibility index (Phi) is 5.76. The molecule has 3 N–H and O–H groups in total. The highest BCUT2D eigenvalue weighted by atomic mass is 35.5. The normalized spacial score (nSPS) is 10.8. The Bertz CT molecular complexity index is 950. The number of aryl methyl sites for hydroxylation is 2. The van der Waals surface area contributed by atoms with Crippen molar-refractivity contribution in [2.75, 3.05) is 12.3 Å². The van der Waals surface area contributed by atoms with Gasteiger partial charge < -0.3 is 11.1 Å². The number of carbonyl (C=O) groups excluding carboxylic acids is 1. The van der Waals surface area contributed by atoms with Gasteiger partial charge in [0.05, 0.1) is 6.54 Å². The molecule has 1 heterocycles. The van der Waals surface area contributed by atoms with Gasteiger partial charge >= 0.3 is 0 Å². The van der Waals surface area contributed by atoms with Gasteiger partial charge in [0.25, 0.3) is 5.91 Å². The highest BCUT2D eigenvalue weighted by Gasteiger charge is 2.17. The van der Waals surface area contributed by atoms with Crippen LogP contribution in [0.25, 0.3) is 0 Å². The molecule has 0 bridgehead atoms. The zero-order valence-corrected chi connectivity index (χ0v) is 16.1. The second-order valence-corrected chi connectivity index (χ2v) is 6.98. The van der Waals surface area contributed by atoms with E-state index >= 15 is 0 Å². The number of hydrogen-bond donors (Lipinski definition) is 2. The first-order valence-corrected chi connectivity index (χ1v) is 9.09. The van der Waals surface area contributed by atoms with Gasteiger partial charge in [0, 0.05) is 11.6 Å². The number of carbonyl (C=O) groups is 1. The monoisotopic (exact) mass is 383 g/mol. The number of anilines is 1. The fraction of sp³-hybridized carbons (Fsp3) is 0.250.